The molecule has 0 aromatic heterocycles. The third kappa shape index (κ3) is 2.95. The number of nitrogen functional groups attached to an aromatic ring is 1. The van der Waals surface area contributed by atoms with E-state index in [1.807, 2.05) is 0 Å². The quantitative estimate of drug-likeness (QED) is 0.582. The number of phenolic OH excluding ortho intramolecular Hbond substituents is 1. The number of hydrogen-bond acceptors (Lipinski definition) is 4. The van der Waals surface area contributed by atoms with Crippen LogP contribution in [0.5, 0.6) is 11.5 Å². The van der Waals surface area contributed by atoms with Gasteiger partial charge in [-0.1, -0.05) is 0 Å². The van der Waals surface area contributed by atoms with Gasteiger partial charge in [-0.05, 0) is 42.5 Å². The molecule has 98 valence electrons. The highest BCUT2D eigenvalue weighted by atomic mass is 16.5. The van der Waals surface area contributed by atoms with Crippen molar-refractivity contribution in [3.8, 4) is 11.5 Å². The van der Waals surface area contributed by atoms with E-state index >= 15 is 0 Å². The lowest BCUT2D eigenvalue weighted by Gasteiger charge is -2.07. The number of ether oxygens (including phenoxy) is 1. The average Bonchev–Trinajstić information content (AvgIpc) is 2.42. The largest absolute Gasteiger partial charge is 0.506 e. The number of methoxy groups -OCH3 is 1. The molecule has 0 bridgehead atoms. The van der Waals surface area contributed by atoms with Crippen LogP contribution in [0.15, 0.2) is 42.5 Å². The van der Waals surface area contributed by atoms with E-state index in [1.54, 1.807) is 31.4 Å². The highest BCUT2D eigenvalue weighted by Crippen LogP contribution is 2.21. The zero-order valence-corrected chi connectivity index (χ0v) is 10.4. The molecule has 0 fully saturated rings. The van der Waals surface area contributed by atoms with Crippen LogP contribution in [-0.2, 0) is 0 Å². The van der Waals surface area contributed by atoms with Gasteiger partial charge in [-0.15, -0.1) is 0 Å². The topological polar surface area (TPSA) is 84.6 Å². The molecule has 2 aromatic carbocycles. The van der Waals surface area contributed by atoms with Gasteiger partial charge in [-0.25, -0.2) is 0 Å². The third-order valence-electron chi connectivity index (χ3n) is 2.64. The Hall–Kier alpha value is -2.69. The number of nitrogens with one attached hydrogen (secondary N) is 1. The van der Waals surface area contributed by atoms with Gasteiger partial charge in [-0.2, -0.15) is 0 Å². The number of phenols is 1. The van der Waals surface area contributed by atoms with E-state index < -0.39 is 0 Å². The molecule has 0 radical (unpaired) electrons. The first kappa shape index (κ1) is 12.8. The first-order chi connectivity index (χ1) is 9.10. The van der Waals surface area contributed by atoms with E-state index in [-0.39, 0.29) is 17.3 Å². The molecule has 0 aliphatic heterocycles. The molecule has 5 heteroatoms. The Labute approximate surface area is 110 Å². The molecule has 19 heavy (non-hydrogen) atoms. The van der Waals surface area contributed by atoms with Crippen molar-refractivity contribution in [2.24, 2.45) is 0 Å². The van der Waals surface area contributed by atoms with Crippen LogP contribution in [0.4, 0.5) is 11.4 Å². The number of anilines is 2. The van der Waals surface area contributed by atoms with E-state index in [0.29, 0.717) is 17.0 Å². The van der Waals surface area contributed by atoms with Crippen LogP contribution in [0.2, 0.25) is 0 Å². The summed E-state index contributed by atoms with van der Waals surface area (Å²) in [6.45, 7) is 0. The van der Waals surface area contributed by atoms with Crippen molar-refractivity contribution in [1.29, 1.82) is 0 Å². The van der Waals surface area contributed by atoms with E-state index in [9.17, 15) is 9.90 Å². The van der Waals surface area contributed by atoms with Crippen molar-refractivity contribution in [2.45, 2.75) is 0 Å². The summed E-state index contributed by atoms with van der Waals surface area (Å²) in [5.41, 5.74) is 6.74. The molecule has 4 N–H and O–H groups in total. The van der Waals surface area contributed by atoms with Gasteiger partial charge in [0.05, 0.1) is 12.8 Å². The van der Waals surface area contributed by atoms with Gasteiger partial charge in [0, 0.05) is 11.3 Å². The fourth-order valence-corrected chi connectivity index (χ4v) is 1.57. The molecule has 0 aliphatic rings. The second-order valence-electron chi connectivity index (χ2n) is 3.96. The second kappa shape index (κ2) is 5.30. The second-order valence-corrected chi connectivity index (χ2v) is 3.96. The lowest BCUT2D eigenvalue weighted by molar-refractivity contribution is 0.102. The molecule has 1 amide bonds. The zero-order valence-electron chi connectivity index (χ0n) is 10.4. The first-order valence-corrected chi connectivity index (χ1v) is 5.64. The maximum atomic E-state index is 12.0. The average molecular weight is 258 g/mol. The minimum atomic E-state index is -0.295. The maximum Gasteiger partial charge on any atom is 0.255 e. The molecular formula is C14H14N2O3. The van der Waals surface area contributed by atoms with Crippen LogP contribution in [0.3, 0.4) is 0 Å². The maximum absolute atomic E-state index is 12.0. The van der Waals surface area contributed by atoms with Crippen molar-refractivity contribution >= 4 is 17.3 Å². The van der Waals surface area contributed by atoms with Crippen molar-refractivity contribution in [1.82, 2.24) is 0 Å². The molecule has 2 rings (SSSR count). The van der Waals surface area contributed by atoms with E-state index in [1.165, 1.54) is 18.2 Å². The molecule has 0 heterocycles. The summed E-state index contributed by atoms with van der Waals surface area (Å²) in [5.74, 6) is 0.379. The Kier molecular flexibility index (Phi) is 3.56. The van der Waals surface area contributed by atoms with Gasteiger partial charge in [0.1, 0.15) is 11.5 Å². The summed E-state index contributed by atoms with van der Waals surface area (Å²) in [6, 6.07) is 11.3. The Bertz CT molecular complexity index is 594. The molecule has 0 atom stereocenters. The molecule has 0 unspecified atom stereocenters. The minimum absolute atomic E-state index is 0.0407. The fourth-order valence-electron chi connectivity index (χ4n) is 1.57. The van der Waals surface area contributed by atoms with Crippen LogP contribution in [0, 0.1) is 0 Å². The molecule has 2 aromatic rings. The van der Waals surface area contributed by atoms with Crippen LogP contribution >= 0.6 is 0 Å². The monoisotopic (exact) mass is 258 g/mol. The summed E-state index contributed by atoms with van der Waals surface area (Å²) >= 11 is 0. The van der Waals surface area contributed by atoms with Crippen LogP contribution in [0.25, 0.3) is 0 Å². The van der Waals surface area contributed by atoms with Gasteiger partial charge in [-0.3, -0.25) is 4.79 Å². The SMILES string of the molecule is COc1ccc(NC(=O)c2ccc(O)c(N)c2)cc1. The van der Waals surface area contributed by atoms with Gasteiger partial charge >= 0.3 is 0 Å². The van der Waals surface area contributed by atoms with E-state index in [2.05, 4.69) is 5.32 Å². The third-order valence-corrected chi connectivity index (χ3v) is 2.64. The molecule has 0 saturated carbocycles. The summed E-state index contributed by atoms with van der Waals surface area (Å²) in [4.78, 5) is 12.0. The Morgan fingerprint density at radius 3 is 2.47 bits per heavy atom. The smallest absolute Gasteiger partial charge is 0.255 e. The number of carbonyl (C=O) groups excluding carboxylic acids is 1. The van der Waals surface area contributed by atoms with Gasteiger partial charge in [0.25, 0.3) is 5.91 Å². The lowest BCUT2D eigenvalue weighted by Crippen LogP contribution is -2.12. The summed E-state index contributed by atoms with van der Waals surface area (Å²) in [6.07, 6.45) is 0. The Morgan fingerprint density at radius 2 is 1.89 bits per heavy atom. The Morgan fingerprint density at radius 1 is 1.21 bits per heavy atom. The summed E-state index contributed by atoms with van der Waals surface area (Å²) < 4.78 is 5.03. The number of rotatable bonds is 3. The summed E-state index contributed by atoms with van der Waals surface area (Å²) in [7, 11) is 1.58. The van der Waals surface area contributed by atoms with Crippen LogP contribution in [0.1, 0.15) is 10.4 Å². The molecular weight excluding hydrogens is 244 g/mol. The number of benzene rings is 2. The van der Waals surface area contributed by atoms with Crippen molar-refractivity contribution in [2.75, 3.05) is 18.2 Å². The van der Waals surface area contributed by atoms with Crippen molar-refractivity contribution in [3.05, 3.63) is 48.0 Å². The van der Waals surface area contributed by atoms with Gasteiger partial charge < -0.3 is 20.9 Å². The fraction of sp³-hybridized carbons (Fsp3) is 0.0714. The number of nitrogens with two attached hydrogens (primary N) is 1. The summed E-state index contributed by atoms with van der Waals surface area (Å²) in [5, 5.41) is 12.0. The van der Waals surface area contributed by atoms with Gasteiger partial charge in [0.2, 0.25) is 0 Å². The lowest BCUT2D eigenvalue weighted by atomic mass is 10.1. The molecule has 0 spiro atoms. The molecule has 0 aliphatic carbocycles. The number of hydrogen-bond donors (Lipinski definition) is 3. The van der Waals surface area contributed by atoms with E-state index in [0.717, 1.165) is 0 Å². The highest BCUT2D eigenvalue weighted by molar-refractivity contribution is 6.05. The highest BCUT2D eigenvalue weighted by Gasteiger charge is 2.08. The number of amides is 1. The standard InChI is InChI=1S/C14H14N2O3/c1-19-11-5-3-10(4-6-11)16-14(18)9-2-7-13(17)12(15)8-9/h2-8,17H,15H2,1H3,(H,16,18). The zero-order chi connectivity index (χ0) is 13.8. The minimum Gasteiger partial charge on any atom is -0.506 e. The number of carbonyl (C=O) groups is 1. The predicted octanol–water partition coefficient (Wildman–Crippen LogP) is 2.24. The predicted molar refractivity (Wildman–Crippen MR) is 73.5 cm³/mol. The number of aromatic hydroxyl groups is 1. The van der Waals surface area contributed by atoms with E-state index in [4.69, 9.17) is 10.5 Å². The normalized spacial score (nSPS) is 9.95. The Balaban J connectivity index is 2.13. The van der Waals surface area contributed by atoms with Crippen LogP contribution < -0.4 is 15.8 Å². The molecule has 0 saturated heterocycles. The molecule has 5 nitrogen and oxygen atoms in total. The van der Waals surface area contributed by atoms with Gasteiger partial charge in [0.15, 0.2) is 0 Å². The van der Waals surface area contributed by atoms with Crippen LogP contribution in [-0.4, -0.2) is 18.1 Å². The van der Waals surface area contributed by atoms with Crippen molar-refractivity contribution in [3.63, 3.8) is 0 Å². The first-order valence-electron chi connectivity index (χ1n) is 5.64. The van der Waals surface area contributed by atoms with Crippen molar-refractivity contribution < 1.29 is 14.6 Å².